The van der Waals surface area contributed by atoms with E-state index < -0.39 is 0 Å². The monoisotopic (exact) mass is 252 g/mol. The molecule has 3 aromatic rings. The summed E-state index contributed by atoms with van der Waals surface area (Å²) in [5, 5.41) is 1.16. The molecule has 0 aliphatic carbocycles. The Morgan fingerprint density at radius 1 is 1.16 bits per heavy atom. The minimum atomic E-state index is -0.115. The number of nitrogens with two attached hydrogens (primary N) is 1. The number of hydrogen-bond donors (Lipinski definition) is 3. The maximum Gasteiger partial charge on any atom is 0.0902 e. The number of hydrazine groups is 1. The van der Waals surface area contributed by atoms with Crippen LogP contribution in [0.5, 0.6) is 0 Å². The molecule has 4 heteroatoms. The molecule has 0 saturated carbocycles. The van der Waals surface area contributed by atoms with Crippen LogP contribution in [0.4, 0.5) is 0 Å². The first kappa shape index (κ1) is 11.9. The molecule has 96 valence electrons. The number of para-hydroxylation sites is 1. The predicted octanol–water partition coefficient (Wildman–Crippen LogP) is 2.42. The number of nitrogens with one attached hydrogen (secondary N) is 2. The first-order valence-corrected chi connectivity index (χ1v) is 6.25. The van der Waals surface area contributed by atoms with E-state index in [2.05, 4.69) is 27.5 Å². The van der Waals surface area contributed by atoms with Gasteiger partial charge < -0.3 is 4.98 Å². The van der Waals surface area contributed by atoms with Crippen molar-refractivity contribution in [2.75, 3.05) is 0 Å². The highest BCUT2D eigenvalue weighted by Gasteiger charge is 2.17. The van der Waals surface area contributed by atoms with Crippen LogP contribution in [0.1, 0.15) is 23.0 Å². The minimum absolute atomic E-state index is 0.115. The maximum absolute atomic E-state index is 5.73. The molecule has 0 saturated heterocycles. The lowest BCUT2D eigenvalue weighted by molar-refractivity contribution is 0.623. The van der Waals surface area contributed by atoms with Gasteiger partial charge in [0.25, 0.3) is 0 Å². The van der Waals surface area contributed by atoms with Gasteiger partial charge in [-0.15, -0.1) is 0 Å². The van der Waals surface area contributed by atoms with E-state index in [1.165, 1.54) is 0 Å². The number of hydrogen-bond acceptors (Lipinski definition) is 3. The van der Waals surface area contributed by atoms with Crippen LogP contribution in [0.25, 0.3) is 10.9 Å². The topological polar surface area (TPSA) is 66.7 Å². The average molecular weight is 252 g/mol. The normalized spacial score (nSPS) is 12.7. The first-order chi connectivity index (χ1) is 9.29. The molecule has 4 N–H and O–H groups in total. The molecule has 0 amide bonds. The fourth-order valence-electron chi connectivity index (χ4n) is 2.39. The number of rotatable bonds is 3. The smallest absolute Gasteiger partial charge is 0.0902 e. The van der Waals surface area contributed by atoms with E-state index in [1.807, 2.05) is 43.5 Å². The summed E-state index contributed by atoms with van der Waals surface area (Å²) in [6, 6.07) is 14.0. The van der Waals surface area contributed by atoms with Crippen molar-refractivity contribution in [2.45, 2.75) is 13.0 Å². The lowest BCUT2D eigenvalue weighted by Crippen LogP contribution is -2.29. The number of pyridine rings is 1. The van der Waals surface area contributed by atoms with E-state index in [9.17, 15) is 0 Å². The van der Waals surface area contributed by atoms with Crippen LogP contribution in [-0.4, -0.2) is 9.97 Å². The van der Waals surface area contributed by atoms with E-state index in [1.54, 1.807) is 0 Å². The van der Waals surface area contributed by atoms with Crippen molar-refractivity contribution in [3.05, 3.63) is 65.6 Å². The summed E-state index contributed by atoms with van der Waals surface area (Å²) in [6.07, 6.45) is 1.99. The molecule has 19 heavy (non-hydrogen) atoms. The van der Waals surface area contributed by atoms with Crippen molar-refractivity contribution in [3.63, 3.8) is 0 Å². The largest absolute Gasteiger partial charge is 0.361 e. The van der Waals surface area contributed by atoms with Gasteiger partial charge in [-0.2, -0.15) is 0 Å². The van der Waals surface area contributed by atoms with Crippen LogP contribution in [0.2, 0.25) is 0 Å². The van der Waals surface area contributed by atoms with Gasteiger partial charge in [0.15, 0.2) is 0 Å². The summed E-state index contributed by atoms with van der Waals surface area (Å²) in [5.41, 5.74) is 6.97. The molecule has 0 aliphatic heterocycles. The van der Waals surface area contributed by atoms with Gasteiger partial charge in [-0.05, 0) is 25.1 Å². The van der Waals surface area contributed by atoms with Gasteiger partial charge in [-0.1, -0.05) is 24.3 Å². The zero-order valence-corrected chi connectivity index (χ0v) is 10.7. The van der Waals surface area contributed by atoms with Crippen molar-refractivity contribution in [3.8, 4) is 0 Å². The summed E-state index contributed by atoms with van der Waals surface area (Å²) < 4.78 is 0. The van der Waals surface area contributed by atoms with Gasteiger partial charge in [0.2, 0.25) is 0 Å². The second kappa shape index (κ2) is 4.84. The zero-order chi connectivity index (χ0) is 13.2. The highest BCUT2D eigenvalue weighted by molar-refractivity contribution is 5.83. The van der Waals surface area contributed by atoms with Crippen LogP contribution in [0.3, 0.4) is 0 Å². The minimum Gasteiger partial charge on any atom is -0.361 e. The SMILES string of the molecule is Cc1cccc(C(NN)c2c[nH]c3ccccc23)n1. The van der Waals surface area contributed by atoms with E-state index >= 15 is 0 Å². The van der Waals surface area contributed by atoms with E-state index in [-0.39, 0.29) is 6.04 Å². The number of aromatic nitrogens is 2. The molecule has 1 atom stereocenters. The summed E-state index contributed by atoms with van der Waals surface area (Å²) in [6.45, 7) is 1.98. The summed E-state index contributed by atoms with van der Waals surface area (Å²) in [5.74, 6) is 5.73. The van der Waals surface area contributed by atoms with Crippen LogP contribution >= 0.6 is 0 Å². The van der Waals surface area contributed by atoms with Crippen LogP contribution in [-0.2, 0) is 0 Å². The molecule has 4 nitrogen and oxygen atoms in total. The number of nitrogens with zero attached hydrogens (tertiary/aromatic N) is 1. The quantitative estimate of drug-likeness (QED) is 0.495. The van der Waals surface area contributed by atoms with Crippen LogP contribution < -0.4 is 11.3 Å². The second-order valence-corrected chi connectivity index (χ2v) is 4.59. The molecule has 0 radical (unpaired) electrons. The second-order valence-electron chi connectivity index (χ2n) is 4.59. The Morgan fingerprint density at radius 3 is 2.79 bits per heavy atom. The van der Waals surface area contributed by atoms with Crippen LogP contribution in [0.15, 0.2) is 48.7 Å². The van der Waals surface area contributed by atoms with Crippen LogP contribution in [0, 0.1) is 6.92 Å². The molecular weight excluding hydrogens is 236 g/mol. The third kappa shape index (κ3) is 2.12. The Kier molecular flexibility index (Phi) is 3.03. The fourth-order valence-corrected chi connectivity index (χ4v) is 2.39. The average Bonchev–Trinajstić information content (AvgIpc) is 2.84. The molecule has 3 rings (SSSR count). The molecule has 1 unspecified atom stereocenters. The van der Waals surface area contributed by atoms with Gasteiger partial charge in [-0.25, -0.2) is 5.43 Å². The van der Waals surface area contributed by atoms with E-state index in [0.29, 0.717) is 0 Å². The van der Waals surface area contributed by atoms with E-state index in [0.717, 1.165) is 27.9 Å². The van der Waals surface area contributed by atoms with Gasteiger partial charge >= 0.3 is 0 Å². The van der Waals surface area contributed by atoms with Gasteiger partial charge in [0, 0.05) is 28.4 Å². The Morgan fingerprint density at radius 2 is 2.00 bits per heavy atom. The van der Waals surface area contributed by atoms with Crippen molar-refractivity contribution in [1.82, 2.24) is 15.4 Å². The first-order valence-electron chi connectivity index (χ1n) is 6.25. The Balaban J connectivity index is 2.12. The van der Waals surface area contributed by atoms with Gasteiger partial charge in [0.1, 0.15) is 0 Å². The third-order valence-electron chi connectivity index (χ3n) is 3.30. The third-order valence-corrected chi connectivity index (χ3v) is 3.30. The zero-order valence-electron chi connectivity index (χ0n) is 10.7. The standard InChI is InChI=1S/C15H16N4/c1-10-5-4-8-14(18-10)15(19-16)12-9-17-13-7-3-2-6-11(12)13/h2-9,15,17,19H,16H2,1H3. The van der Waals surface area contributed by atoms with Crippen molar-refractivity contribution in [2.24, 2.45) is 5.84 Å². The fraction of sp³-hybridized carbons (Fsp3) is 0.133. The maximum atomic E-state index is 5.73. The Hall–Kier alpha value is -2.17. The highest BCUT2D eigenvalue weighted by Crippen LogP contribution is 2.27. The molecule has 0 spiro atoms. The van der Waals surface area contributed by atoms with Crippen molar-refractivity contribution >= 4 is 10.9 Å². The van der Waals surface area contributed by atoms with Gasteiger partial charge in [0.05, 0.1) is 11.7 Å². The number of aryl methyl sites for hydroxylation is 1. The molecule has 0 aliphatic rings. The van der Waals surface area contributed by atoms with Crippen molar-refractivity contribution < 1.29 is 0 Å². The molecule has 0 bridgehead atoms. The number of H-pyrrole nitrogens is 1. The van der Waals surface area contributed by atoms with Crippen molar-refractivity contribution in [1.29, 1.82) is 0 Å². The number of aromatic amines is 1. The Bertz CT molecular complexity index is 702. The summed E-state index contributed by atoms with van der Waals surface area (Å²) >= 11 is 0. The molecule has 1 aromatic carbocycles. The highest BCUT2D eigenvalue weighted by atomic mass is 15.2. The predicted molar refractivity (Wildman–Crippen MR) is 76.4 cm³/mol. The summed E-state index contributed by atoms with van der Waals surface area (Å²) in [4.78, 5) is 7.81. The number of benzene rings is 1. The lowest BCUT2D eigenvalue weighted by Gasteiger charge is -2.15. The Labute approximate surface area is 111 Å². The lowest BCUT2D eigenvalue weighted by atomic mass is 10.0. The molecule has 0 fully saturated rings. The molecule has 2 aromatic heterocycles. The summed E-state index contributed by atoms with van der Waals surface area (Å²) in [7, 11) is 0. The number of fused-ring (bicyclic) bond motifs is 1. The van der Waals surface area contributed by atoms with Gasteiger partial charge in [-0.3, -0.25) is 10.8 Å². The molecular formula is C15H16N4. The molecule has 2 heterocycles. The van der Waals surface area contributed by atoms with E-state index in [4.69, 9.17) is 5.84 Å².